The molecule has 0 saturated heterocycles. The highest BCUT2D eigenvalue weighted by Crippen LogP contribution is 2.17. The quantitative estimate of drug-likeness (QED) is 0.928. The molecule has 4 nitrogen and oxygen atoms in total. The lowest BCUT2D eigenvalue weighted by Crippen LogP contribution is -2.38. The number of rotatable bonds is 4. The average molecular weight is 269 g/mol. The van der Waals surface area contributed by atoms with Crippen molar-refractivity contribution in [1.82, 2.24) is 4.98 Å². The van der Waals surface area contributed by atoms with E-state index in [1.165, 1.54) is 0 Å². The summed E-state index contributed by atoms with van der Waals surface area (Å²) >= 11 is 0. The number of hydrogen-bond acceptors (Lipinski definition) is 3. The van der Waals surface area contributed by atoms with Crippen molar-refractivity contribution < 1.29 is 4.79 Å². The average Bonchev–Trinajstić information content (AvgIpc) is 2.42. The third kappa shape index (κ3) is 3.35. The van der Waals surface area contributed by atoms with Gasteiger partial charge in [-0.1, -0.05) is 30.3 Å². The van der Waals surface area contributed by atoms with E-state index in [0.29, 0.717) is 17.9 Å². The summed E-state index contributed by atoms with van der Waals surface area (Å²) in [6.45, 7) is 3.95. The molecule has 0 aliphatic carbocycles. The smallest absolute Gasteiger partial charge is 0.232 e. The van der Waals surface area contributed by atoms with Crippen LogP contribution in [0.4, 0.5) is 11.5 Å². The van der Waals surface area contributed by atoms with E-state index in [0.717, 1.165) is 5.56 Å². The van der Waals surface area contributed by atoms with Gasteiger partial charge >= 0.3 is 0 Å². The van der Waals surface area contributed by atoms with Crippen molar-refractivity contribution >= 4 is 17.4 Å². The number of nitrogens with zero attached hydrogens (tertiary/aromatic N) is 2. The van der Waals surface area contributed by atoms with Crippen LogP contribution in [0.2, 0.25) is 0 Å². The topological polar surface area (TPSA) is 59.2 Å². The van der Waals surface area contributed by atoms with Gasteiger partial charge in [0, 0.05) is 6.04 Å². The number of nitrogens with two attached hydrogens (primary N) is 1. The van der Waals surface area contributed by atoms with Crippen molar-refractivity contribution in [2.24, 2.45) is 0 Å². The van der Waals surface area contributed by atoms with E-state index in [-0.39, 0.29) is 11.9 Å². The fourth-order valence-electron chi connectivity index (χ4n) is 2.08. The van der Waals surface area contributed by atoms with E-state index >= 15 is 0 Å². The summed E-state index contributed by atoms with van der Waals surface area (Å²) in [5.41, 5.74) is 7.23. The van der Waals surface area contributed by atoms with Crippen LogP contribution in [0.15, 0.2) is 48.7 Å². The van der Waals surface area contributed by atoms with E-state index < -0.39 is 0 Å². The molecule has 0 radical (unpaired) electrons. The van der Waals surface area contributed by atoms with Gasteiger partial charge in [-0.25, -0.2) is 4.98 Å². The minimum Gasteiger partial charge on any atom is -0.397 e. The lowest BCUT2D eigenvalue weighted by molar-refractivity contribution is -0.118. The van der Waals surface area contributed by atoms with E-state index in [4.69, 9.17) is 5.73 Å². The third-order valence-corrected chi connectivity index (χ3v) is 3.00. The fraction of sp³-hybridized carbons (Fsp3) is 0.250. The number of anilines is 2. The Bertz CT molecular complexity index is 564. The van der Waals surface area contributed by atoms with Gasteiger partial charge in [0.2, 0.25) is 5.91 Å². The molecule has 0 saturated carbocycles. The largest absolute Gasteiger partial charge is 0.397 e. The summed E-state index contributed by atoms with van der Waals surface area (Å²) in [6.07, 6.45) is 1.94. The van der Waals surface area contributed by atoms with Crippen molar-refractivity contribution in [3.63, 3.8) is 0 Å². The zero-order valence-electron chi connectivity index (χ0n) is 11.8. The number of carbonyl (C=O) groups excluding carboxylic acids is 1. The zero-order chi connectivity index (χ0) is 14.5. The fourth-order valence-corrected chi connectivity index (χ4v) is 2.08. The van der Waals surface area contributed by atoms with Crippen LogP contribution in [0.25, 0.3) is 0 Å². The number of amides is 1. The number of carbonyl (C=O) groups is 1. The van der Waals surface area contributed by atoms with Crippen molar-refractivity contribution in [2.75, 3.05) is 10.6 Å². The molecule has 4 heteroatoms. The van der Waals surface area contributed by atoms with Crippen LogP contribution in [0, 0.1) is 0 Å². The van der Waals surface area contributed by atoms with E-state index in [9.17, 15) is 4.79 Å². The zero-order valence-corrected chi connectivity index (χ0v) is 11.8. The second kappa shape index (κ2) is 6.19. The highest BCUT2D eigenvalue weighted by Gasteiger charge is 2.20. The maximum Gasteiger partial charge on any atom is 0.232 e. The van der Waals surface area contributed by atoms with Crippen LogP contribution < -0.4 is 10.6 Å². The van der Waals surface area contributed by atoms with E-state index in [1.807, 2.05) is 44.2 Å². The summed E-state index contributed by atoms with van der Waals surface area (Å²) < 4.78 is 0. The molecule has 104 valence electrons. The van der Waals surface area contributed by atoms with Gasteiger partial charge in [-0.05, 0) is 31.5 Å². The molecule has 1 amide bonds. The summed E-state index contributed by atoms with van der Waals surface area (Å²) in [4.78, 5) is 18.4. The summed E-state index contributed by atoms with van der Waals surface area (Å²) in [6, 6.07) is 13.3. The van der Waals surface area contributed by atoms with Crippen LogP contribution in [-0.2, 0) is 11.2 Å². The molecule has 0 aliphatic rings. The van der Waals surface area contributed by atoms with Gasteiger partial charge < -0.3 is 5.73 Å². The molecule has 2 aromatic rings. The molecule has 1 aromatic heterocycles. The second-order valence-electron chi connectivity index (χ2n) is 4.97. The monoisotopic (exact) mass is 269 g/mol. The van der Waals surface area contributed by atoms with Crippen molar-refractivity contribution in [2.45, 2.75) is 26.3 Å². The first-order chi connectivity index (χ1) is 9.58. The Hall–Kier alpha value is -2.36. The Morgan fingerprint density at radius 2 is 1.90 bits per heavy atom. The second-order valence-corrected chi connectivity index (χ2v) is 4.97. The Kier molecular flexibility index (Phi) is 4.35. The van der Waals surface area contributed by atoms with Gasteiger partial charge in [0.05, 0.1) is 18.3 Å². The number of nitrogen functional groups attached to an aromatic ring is 1. The minimum absolute atomic E-state index is 0.0310. The van der Waals surface area contributed by atoms with Crippen LogP contribution in [0.3, 0.4) is 0 Å². The standard InChI is InChI=1S/C16H19N3O/c1-12(2)19(15-9-8-14(17)11-18-15)16(20)10-13-6-4-3-5-7-13/h3-9,11-12H,10,17H2,1-2H3. The van der Waals surface area contributed by atoms with Crippen LogP contribution in [0.5, 0.6) is 0 Å². The van der Waals surface area contributed by atoms with Crippen LogP contribution >= 0.6 is 0 Å². The Morgan fingerprint density at radius 1 is 1.20 bits per heavy atom. The molecular formula is C16H19N3O. The Labute approximate surface area is 119 Å². The Balaban J connectivity index is 2.20. The normalized spacial score (nSPS) is 10.6. The first-order valence-corrected chi connectivity index (χ1v) is 6.65. The van der Waals surface area contributed by atoms with E-state index in [1.54, 1.807) is 23.2 Å². The van der Waals surface area contributed by atoms with Crippen molar-refractivity contribution in [1.29, 1.82) is 0 Å². The summed E-state index contributed by atoms with van der Waals surface area (Å²) in [7, 11) is 0. The molecule has 0 bridgehead atoms. The number of aromatic nitrogens is 1. The first kappa shape index (κ1) is 14.1. The molecule has 0 unspecified atom stereocenters. The number of benzene rings is 1. The molecule has 2 rings (SSSR count). The predicted octanol–water partition coefficient (Wildman–Crippen LogP) is 2.65. The van der Waals surface area contributed by atoms with Gasteiger partial charge in [-0.15, -0.1) is 0 Å². The molecule has 2 N–H and O–H groups in total. The SMILES string of the molecule is CC(C)N(C(=O)Cc1ccccc1)c1ccc(N)cn1. The molecule has 0 aliphatic heterocycles. The van der Waals surface area contributed by atoms with Crippen molar-refractivity contribution in [3.8, 4) is 0 Å². The lowest BCUT2D eigenvalue weighted by Gasteiger charge is -2.26. The van der Waals surface area contributed by atoms with Crippen LogP contribution in [0.1, 0.15) is 19.4 Å². The highest BCUT2D eigenvalue weighted by molar-refractivity contribution is 5.94. The van der Waals surface area contributed by atoms with Crippen LogP contribution in [-0.4, -0.2) is 16.9 Å². The lowest BCUT2D eigenvalue weighted by atomic mass is 10.1. The molecule has 0 fully saturated rings. The molecule has 1 aromatic carbocycles. The Morgan fingerprint density at radius 3 is 2.45 bits per heavy atom. The molecular weight excluding hydrogens is 250 g/mol. The third-order valence-electron chi connectivity index (χ3n) is 3.00. The summed E-state index contributed by atoms with van der Waals surface area (Å²) in [5.74, 6) is 0.665. The number of pyridine rings is 1. The highest BCUT2D eigenvalue weighted by atomic mass is 16.2. The predicted molar refractivity (Wildman–Crippen MR) is 81.4 cm³/mol. The maximum absolute atomic E-state index is 12.5. The van der Waals surface area contributed by atoms with Gasteiger partial charge in [0.25, 0.3) is 0 Å². The minimum atomic E-state index is 0.0310. The van der Waals surface area contributed by atoms with Crippen molar-refractivity contribution in [3.05, 3.63) is 54.2 Å². The maximum atomic E-state index is 12.5. The van der Waals surface area contributed by atoms with Gasteiger partial charge in [0.15, 0.2) is 0 Å². The van der Waals surface area contributed by atoms with Gasteiger partial charge in [-0.2, -0.15) is 0 Å². The van der Waals surface area contributed by atoms with E-state index in [2.05, 4.69) is 4.98 Å². The molecule has 1 heterocycles. The number of hydrogen-bond donors (Lipinski definition) is 1. The first-order valence-electron chi connectivity index (χ1n) is 6.65. The molecule has 20 heavy (non-hydrogen) atoms. The van der Waals surface area contributed by atoms with Gasteiger partial charge in [-0.3, -0.25) is 9.69 Å². The molecule has 0 atom stereocenters. The molecule has 0 spiro atoms. The summed E-state index contributed by atoms with van der Waals surface area (Å²) in [5, 5.41) is 0. The van der Waals surface area contributed by atoms with Gasteiger partial charge in [0.1, 0.15) is 5.82 Å².